The van der Waals surface area contributed by atoms with Crippen molar-refractivity contribution in [2.45, 2.75) is 17.0 Å². The predicted molar refractivity (Wildman–Crippen MR) is 164 cm³/mol. The van der Waals surface area contributed by atoms with Gasteiger partial charge in [-0.1, -0.05) is 134 Å². The fraction of sp³-hybridized carbons (Fsp3) is 0.152. The van der Waals surface area contributed by atoms with Gasteiger partial charge in [-0.2, -0.15) is 0 Å². The number of esters is 1. The number of thiocarbonyl (C=S) groups is 1. The van der Waals surface area contributed by atoms with Crippen molar-refractivity contribution in [3.63, 3.8) is 0 Å². The second kappa shape index (κ2) is 12.6. The van der Waals surface area contributed by atoms with Gasteiger partial charge in [-0.05, 0) is 22.3 Å². The summed E-state index contributed by atoms with van der Waals surface area (Å²) in [6.07, 6.45) is 0. The van der Waals surface area contributed by atoms with E-state index >= 15 is 0 Å². The smallest absolute Gasteiger partial charge is 0.397 e. The van der Waals surface area contributed by atoms with Gasteiger partial charge in [-0.25, -0.2) is 4.79 Å². The van der Waals surface area contributed by atoms with E-state index in [2.05, 4.69) is 10.1 Å². The Hall–Kier alpha value is -4.11. The number of nitrogens with one attached hydrogen (secondary N) is 1. The molecule has 6 nitrogen and oxygen atoms in total. The molecule has 0 bridgehead atoms. The third kappa shape index (κ3) is 5.59. The average Bonchev–Trinajstić information content (AvgIpc) is 3.04. The largest absolute Gasteiger partial charge is 0.462 e. The lowest BCUT2D eigenvalue weighted by atomic mass is 9.76. The third-order valence-corrected chi connectivity index (χ3v) is 8.94. The molecular formula is C33H28N2O4S2. The maximum atomic E-state index is 13.7. The standard InChI is InChI=1S/C33H28N2O4S2/c1-39-32(38)30(37)35-29(36)28(31(35)41-22-27(40)23-14-6-2-7-15-23)34-33(24-16-8-3-9-17-24,25-18-10-4-11-19-25)26-20-12-5-13-21-26/h2-21,28,31,34H,22H2,1H3/t28-,31-/m1/s1. The number of carbonyl (C=O) groups is 3. The van der Waals surface area contributed by atoms with Crippen LogP contribution in [0, 0.1) is 0 Å². The Labute approximate surface area is 248 Å². The lowest BCUT2D eigenvalue weighted by Gasteiger charge is -2.49. The Balaban J connectivity index is 1.57. The summed E-state index contributed by atoms with van der Waals surface area (Å²) in [5.41, 5.74) is 2.72. The number of hydrogen-bond donors (Lipinski definition) is 1. The van der Waals surface area contributed by atoms with Gasteiger partial charge in [0.05, 0.1) is 12.6 Å². The van der Waals surface area contributed by atoms with Crippen LogP contribution in [0.15, 0.2) is 121 Å². The van der Waals surface area contributed by atoms with Gasteiger partial charge >= 0.3 is 11.9 Å². The van der Waals surface area contributed by atoms with Gasteiger partial charge in [0.1, 0.15) is 11.4 Å². The van der Waals surface area contributed by atoms with Crippen LogP contribution in [0.1, 0.15) is 22.3 Å². The molecule has 1 N–H and O–H groups in total. The molecule has 0 spiro atoms. The predicted octanol–water partition coefficient (Wildman–Crippen LogP) is 4.96. The van der Waals surface area contributed by atoms with E-state index in [4.69, 9.17) is 12.2 Å². The van der Waals surface area contributed by atoms with E-state index in [1.165, 1.54) is 11.8 Å². The Morgan fingerprint density at radius 3 is 1.68 bits per heavy atom. The summed E-state index contributed by atoms with van der Waals surface area (Å²) >= 11 is 7.02. The van der Waals surface area contributed by atoms with Gasteiger partial charge < -0.3 is 4.74 Å². The van der Waals surface area contributed by atoms with E-state index in [-0.39, 0.29) is 0 Å². The molecule has 2 amide bonds. The van der Waals surface area contributed by atoms with Gasteiger partial charge in [-0.15, -0.1) is 11.8 Å². The number of methoxy groups -OCH3 is 1. The second-order valence-corrected chi connectivity index (χ2v) is 11.1. The molecule has 8 heteroatoms. The monoisotopic (exact) mass is 580 g/mol. The fourth-order valence-corrected chi connectivity index (χ4v) is 6.64. The maximum Gasteiger partial charge on any atom is 0.397 e. The van der Waals surface area contributed by atoms with Crippen LogP contribution in [-0.2, 0) is 24.7 Å². The molecule has 206 valence electrons. The van der Waals surface area contributed by atoms with Crippen LogP contribution < -0.4 is 5.32 Å². The molecule has 1 heterocycles. The number of ether oxygens (including phenoxy) is 1. The number of imide groups is 1. The zero-order chi connectivity index (χ0) is 28.8. The van der Waals surface area contributed by atoms with Crippen LogP contribution in [0.3, 0.4) is 0 Å². The number of hydrogen-bond acceptors (Lipinski definition) is 7. The molecule has 0 radical (unpaired) electrons. The molecular weight excluding hydrogens is 553 g/mol. The third-order valence-electron chi connectivity index (χ3n) is 7.10. The van der Waals surface area contributed by atoms with E-state index < -0.39 is 34.7 Å². The minimum Gasteiger partial charge on any atom is -0.462 e. The summed E-state index contributed by atoms with van der Waals surface area (Å²) in [4.78, 5) is 40.6. The number of rotatable bonds is 9. The highest BCUT2D eigenvalue weighted by Gasteiger charge is 2.56. The van der Waals surface area contributed by atoms with Crippen molar-refractivity contribution in [1.29, 1.82) is 0 Å². The number of thioether (sulfide) groups is 1. The molecule has 0 saturated carbocycles. The topological polar surface area (TPSA) is 75.7 Å². The molecule has 0 aromatic heterocycles. The lowest BCUT2D eigenvalue weighted by Crippen LogP contribution is -2.74. The Kier molecular flexibility index (Phi) is 8.73. The molecule has 41 heavy (non-hydrogen) atoms. The highest BCUT2D eigenvalue weighted by atomic mass is 32.2. The van der Waals surface area contributed by atoms with Crippen molar-refractivity contribution in [2.75, 3.05) is 12.9 Å². The van der Waals surface area contributed by atoms with Gasteiger partial charge in [0, 0.05) is 10.6 Å². The molecule has 5 rings (SSSR count). The summed E-state index contributed by atoms with van der Waals surface area (Å²) in [7, 11) is 1.12. The van der Waals surface area contributed by atoms with Crippen LogP contribution in [-0.4, -0.2) is 51.8 Å². The number of benzene rings is 4. The van der Waals surface area contributed by atoms with Gasteiger partial charge in [-0.3, -0.25) is 19.8 Å². The van der Waals surface area contributed by atoms with E-state index in [1.807, 2.05) is 121 Å². The minimum absolute atomic E-state index is 0.370. The first-order valence-electron chi connectivity index (χ1n) is 13.1. The summed E-state index contributed by atoms with van der Waals surface area (Å²) in [5, 5.41) is 2.96. The van der Waals surface area contributed by atoms with Gasteiger partial charge in [0.25, 0.3) is 5.91 Å². The minimum atomic E-state index is -1.09. The summed E-state index contributed by atoms with van der Waals surface area (Å²) in [6, 6.07) is 38.4. The van der Waals surface area contributed by atoms with Gasteiger partial charge in [0.2, 0.25) is 0 Å². The number of amides is 2. The Morgan fingerprint density at radius 1 is 0.805 bits per heavy atom. The number of nitrogens with zero attached hydrogens (tertiary/aromatic N) is 1. The summed E-state index contributed by atoms with van der Waals surface area (Å²) < 4.78 is 4.67. The maximum absolute atomic E-state index is 13.7. The highest BCUT2D eigenvalue weighted by molar-refractivity contribution is 8.01. The lowest BCUT2D eigenvalue weighted by molar-refractivity contribution is -0.169. The summed E-state index contributed by atoms with van der Waals surface area (Å²) in [5.74, 6) is -2.22. The number of carbonyl (C=O) groups excluding carboxylic acids is 3. The molecule has 2 atom stereocenters. The van der Waals surface area contributed by atoms with Gasteiger partial charge in [0.15, 0.2) is 0 Å². The highest BCUT2D eigenvalue weighted by Crippen LogP contribution is 2.41. The molecule has 1 saturated heterocycles. The molecule has 4 aromatic carbocycles. The average molecular weight is 581 g/mol. The van der Waals surface area contributed by atoms with Crippen LogP contribution in [0.25, 0.3) is 0 Å². The SMILES string of the molecule is COC(=O)C(=O)N1C(=O)[C@@H](NC(c2ccccc2)(c2ccccc2)c2ccccc2)[C@H]1SCC(=S)c1ccccc1. The quantitative estimate of drug-likeness (QED) is 0.0750. The molecule has 1 fully saturated rings. The first-order chi connectivity index (χ1) is 20.0. The van der Waals surface area contributed by atoms with Crippen molar-refractivity contribution in [1.82, 2.24) is 10.2 Å². The van der Waals surface area contributed by atoms with Crippen LogP contribution in [0.4, 0.5) is 0 Å². The Morgan fingerprint density at radius 2 is 1.24 bits per heavy atom. The normalized spacial score (nSPS) is 16.5. The van der Waals surface area contributed by atoms with Crippen molar-refractivity contribution in [3.8, 4) is 0 Å². The zero-order valence-corrected chi connectivity index (χ0v) is 23.9. The first kappa shape index (κ1) is 28.4. The fourth-order valence-electron chi connectivity index (χ4n) is 5.09. The second-order valence-electron chi connectivity index (χ2n) is 9.47. The first-order valence-corrected chi connectivity index (χ1v) is 14.5. The zero-order valence-electron chi connectivity index (χ0n) is 22.3. The van der Waals surface area contributed by atoms with Crippen molar-refractivity contribution in [2.24, 2.45) is 0 Å². The van der Waals surface area contributed by atoms with E-state index in [1.54, 1.807) is 0 Å². The molecule has 1 aliphatic rings. The van der Waals surface area contributed by atoms with Crippen LogP contribution in [0.2, 0.25) is 0 Å². The van der Waals surface area contributed by atoms with E-state index in [9.17, 15) is 14.4 Å². The number of β-lactam (4-membered cyclic amide) rings is 1. The van der Waals surface area contributed by atoms with Crippen LogP contribution in [0.5, 0.6) is 0 Å². The summed E-state index contributed by atoms with van der Waals surface area (Å²) in [6.45, 7) is 0. The number of likely N-dealkylation sites (tertiary alicyclic amines) is 1. The van der Waals surface area contributed by atoms with Crippen molar-refractivity contribution >= 4 is 46.6 Å². The molecule has 0 unspecified atom stereocenters. The van der Waals surface area contributed by atoms with Crippen molar-refractivity contribution < 1.29 is 19.1 Å². The molecule has 0 aliphatic carbocycles. The van der Waals surface area contributed by atoms with Crippen molar-refractivity contribution in [3.05, 3.63) is 144 Å². The molecule has 1 aliphatic heterocycles. The van der Waals surface area contributed by atoms with E-state index in [0.29, 0.717) is 10.6 Å². The Bertz CT molecular complexity index is 1440. The van der Waals surface area contributed by atoms with Crippen LogP contribution >= 0.6 is 24.0 Å². The molecule has 4 aromatic rings. The van der Waals surface area contributed by atoms with E-state index in [0.717, 1.165) is 34.3 Å².